The van der Waals surface area contributed by atoms with E-state index >= 15 is 0 Å². The lowest BCUT2D eigenvalue weighted by Crippen LogP contribution is -2.65. The van der Waals surface area contributed by atoms with Crippen molar-refractivity contribution in [1.82, 2.24) is 41.5 Å². The largest absolute Gasteiger partial charge is 0.360 e. The molecule has 2 fully saturated rings. The molecule has 0 aliphatic carbocycles. The van der Waals surface area contributed by atoms with Gasteiger partial charge < -0.3 is 31.5 Å². The number of amidine groups is 1. The number of fused-ring (bicyclic) bond motifs is 1. The lowest BCUT2D eigenvalue weighted by molar-refractivity contribution is -0.197. The quantitative estimate of drug-likeness (QED) is 0.222. The number of hydrogen-bond acceptors (Lipinski definition) is 11. The van der Waals surface area contributed by atoms with Crippen LogP contribution in [0.25, 0.3) is 0 Å². The molecule has 0 bridgehead atoms. The van der Waals surface area contributed by atoms with Crippen LogP contribution >= 0.6 is 11.3 Å². The van der Waals surface area contributed by atoms with Gasteiger partial charge in [-0.15, -0.1) is 11.3 Å². The maximum absolute atomic E-state index is 14.9. The SMILES string of the molecule is CC(C)[C@@H]1NC(=O)[C@@H]2[C@H](C)CCN2C(=O)CN=C(N[C@H](C(=O)N[C@H](C(=O)N[C@H](CC(=O)N2CCCCO2)c2nccs2)[C@@H](C)c2ccccc2)C(C)(C)C)[C@H](C(C)(C)C)NC1=O. The summed E-state index contributed by atoms with van der Waals surface area (Å²) in [4.78, 5) is 101. The van der Waals surface area contributed by atoms with Crippen LogP contribution in [-0.2, 0) is 33.6 Å². The number of amides is 6. The fourth-order valence-electron chi connectivity index (χ4n) is 8.16. The van der Waals surface area contributed by atoms with Gasteiger partial charge in [0.1, 0.15) is 41.6 Å². The molecule has 2 aromatic rings. The van der Waals surface area contributed by atoms with Crippen molar-refractivity contribution in [3.8, 4) is 0 Å². The molecule has 0 unspecified atom stereocenters. The van der Waals surface area contributed by atoms with Crippen LogP contribution < -0.4 is 26.6 Å². The third kappa shape index (κ3) is 12.0. The summed E-state index contributed by atoms with van der Waals surface area (Å²) in [6.45, 7) is 19.8. The Balaban J connectivity index is 1.50. The molecule has 4 heterocycles. The number of nitrogens with one attached hydrogen (secondary N) is 5. The molecule has 5 rings (SSSR count). The van der Waals surface area contributed by atoms with Gasteiger partial charge in [-0.2, -0.15) is 0 Å². The second kappa shape index (κ2) is 20.5. The molecular formula is C45H67N9O7S. The van der Waals surface area contributed by atoms with Crippen molar-refractivity contribution in [2.75, 3.05) is 26.2 Å². The van der Waals surface area contributed by atoms with Crippen molar-refractivity contribution in [1.29, 1.82) is 0 Å². The van der Waals surface area contributed by atoms with Gasteiger partial charge in [-0.1, -0.05) is 99.6 Å². The highest BCUT2D eigenvalue weighted by atomic mass is 32.1. The first-order valence-corrected chi connectivity index (χ1v) is 22.7. The predicted octanol–water partition coefficient (Wildman–Crippen LogP) is 3.86. The van der Waals surface area contributed by atoms with Crippen molar-refractivity contribution in [3.63, 3.8) is 0 Å². The molecule has 16 nitrogen and oxygen atoms in total. The fraction of sp³-hybridized carbons (Fsp3) is 0.644. The highest BCUT2D eigenvalue weighted by Crippen LogP contribution is 2.29. The highest BCUT2D eigenvalue weighted by molar-refractivity contribution is 7.09. The van der Waals surface area contributed by atoms with E-state index < -0.39 is 70.7 Å². The van der Waals surface area contributed by atoms with E-state index in [2.05, 4.69) is 31.6 Å². The lowest BCUT2D eigenvalue weighted by atomic mass is 9.82. The summed E-state index contributed by atoms with van der Waals surface area (Å²) in [5.74, 6) is -3.19. The summed E-state index contributed by atoms with van der Waals surface area (Å²) in [7, 11) is 0. The Morgan fingerprint density at radius 2 is 1.65 bits per heavy atom. The van der Waals surface area contributed by atoms with Crippen LogP contribution in [0.15, 0.2) is 46.9 Å². The minimum Gasteiger partial charge on any atom is -0.360 e. The number of carbonyl (C=O) groups is 6. The van der Waals surface area contributed by atoms with E-state index in [1.165, 1.54) is 16.4 Å². The van der Waals surface area contributed by atoms with Gasteiger partial charge in [0.25, 0.3) is 0 Å². The maximum Gasteiger partial charge on any atom is 0.248 e. The standard InChI is InChI=1S/C45H67N9O7S/c1-26(2)33-39(57)52-36(44(5,6)7)38(47-25-32(56)53-21-18-27(3)35(53)41(59)49-33)51-37(45(8,9)10)42(60)50-34(28(4)29-16-12-11-13-17-29)40(58)48-30(43-46-19-23-62-43)24-31(55)54-20-14-15-22-61-54/h11-13,16-17,19,23,26-28,30,33-37H,14-15,18,20-22,24-25H2,1-10H3,(H,47,51)(H,48,58)(H,49,59)(H,50,60)(H,52,57)/t27-,28+,30-,33+,34+,35+,36-,37-/m1/s1. The normalized spacial score (nSPS) is 23.7. The molecule has 1 aromatic heterocycles. The molecule has 62 heavy (non-hydrogen) atoms. The maximum atomic E-state index is 14.9. The highest BCUT2D eigenvalue weighted by Gasteiger charge is 2.44. The van der Waals surface area contributed by atoms with E-state index in [4.69, 9.17) is 9.83 Å². The van der Waals surface area contributed by atoms with Crippen LogP contribution in [0, 0.1) is 22.7 Å². The Bertz CT molecular complexity index is 1920. The third-order valence-electron chi connectivity index (χ3n) is 11.9. The van der Waals surface area contributed by atoms with Gasteiger partial charge in [-0.05, 0) is 47.5 Å². The number of nitrogens with zero attached hydrogens (tertiary/aromatic N) is 4. The predicted molar refractivity (Wildman–Crippen MR) is 237 cm³/mol. The average Bonchev–Trinajstić information content (AvgIpc) is 3.90. The number of benzene rings is 1. The lowest BCUT2D eigenvalue weighted by Gasteiger charge is -2.39. The van der Waals surface area contributed by atoms with Crippen molar-refractivity contribution in [2.45, 2.75) is 137 Å². The van der Waals surface area contributed by atoms with Crippen molar-refractivity contribution in [2.24, 2.45) is 27.7 Å². The zero-order chi connectivity index (χ0) is 45.5. The molecule has 2 saturated heterocycles. The van der Waals surface area contributed by atoms with Crippen LogP contribution in [0.4, 0.5) is 0 Å². The first-order valence-electron chi connectivity index (χ1n) is 21.9. The van der Waals surface area contributed by atoms with E-state index in [0.717, 1.165) is 18.4 Å². The first kappa shape index (κ1) is 48.1. The number of carbonyl (C=O) groups excluding carboxylic acids is 6. The van der Waals surface area contributed by atoms with Gasteiger partial charge in [0.05, 0.1) is 25.1 Å². The van der Waals surface area contributed by atoms with Crippen molar-refractivity contribution in [3.05, 3.63) is 52.5 Å². The molecule has 340 valence electrons. The summed E-state index contributed by atoms with van der Waals surface area (Å²) in [5, 5.41) is 19.2. The zero-order valence-corrected chi connectivity index (χ0v) is 38.8. The molecule has 5 N–H and O–H groups in total. The smallest absolute Gasteiger partial charge is 0.248 e. The molecule has 0 spiro atoms. The third-order valence-corrected chi connectivity index (χ3v) is 12.8. The molecule has 3 aliphatic heterocycles. The van der Waals surface area contributed by atoms with E-state index in [-0.39, 0.29) is 48.4 Å². The second-order valence-corrected chi connectivity index (χ2v) is 20.3. The van der Waals surface area contributed by atoms with Gasteiger partial charge >= 0.3 is 0 Å². The van der Waals surface area contributed by atoms with Crippen molar-refractivity contribution < 1.29 is 33.6 Å². The van der Waals surface area contributed by atoms with E-state index in [1.54, 1.807) is 16.5 Å². The molecule has 6 amide bonds. The van der Waals surface area contributed by atoms with Crippen LogP contribution in [-0.4, -0.2) is 113 Å². The summed E-state index contributed by atoms with van der Waals surface area (Å²) < 4.78 is 0. The Kier molecular flexibility index (Phi) is 15.9. The van der Waals surface area contributed by atoms with E-state index in [0.29, 0.717) is 31.1 Å². The molecular weight excluding hydrogens is 811 g/mol. The molecule has 0 radical (unpaired) electrons. The summed E-state index contributed by atoms with van der Waals surface area (Å²) in [5.41, 5.74) is -0.705. The Morgan fingerprint density at radius 3 is 2.24 bits per heavy atom. The molecule has 1 aromatic carbocycles. The van der Waals surface area contributed by atoms with E-state index in [1.807, 2.05) is 99.6 Å². The molecule has 0 saturated carbocycles. The van der Waals surface area contributed by atoms with Gasteiger partial charge in [0.2, 0.25) is 35.4 Å². The summed E-state index contributed by atoms with van der Waals surface area (Å²) in [6, 6.07) is 3.91. The second-order valence-electron chi connectivity index (χ2n) is 19.3. The number of hydrogen-bond donors (Lipinski definition) is 5. The van der Waals surface area contributed by atoms with Gasteiger partial charge in [0, 0.05) is 30.6 Å². The van der Waals surface area contributed by atoms with Gasteiger partial charge in [-0.25, -0.2) is 10.0 Å². The van der Waals surface area contributed by atoms with E-state index in [9.17, 15) is 28.8 Å². The Morgan fingerprint density at radius 1 is 0.935 bits per heavy atom. The summed E-state index contributed by atoms with van der Waals surface area (Å²) in [6.07, 6.45) is 3.81. The summed E-state index contributed by atoms with van der Waals surface area (Å²) >= 11 is 1.31. The number of hydroxylamine groups is 2. The molecule has 8 atom stereocenters. The average molecular weight is 878 g/mol. The molecule has 3 aliphatic rings. The Labute approximate surface area is 370 Å². The van der Waals surface area contributed by atoms with Crippen LogP contribution in [0.3, 0.4) is 0 Å². The number of aliphatic imine (C=N–C) groups is 1. The minimum absolute atomic E-state index is 0.0945. The number of aromatic nitrogens is 1. The number of thiazole rings is 1. The van der Waals surface area contributed by atoms with Gasteiger partial charge in [0.15, 0.2) is 0 Å². The van der Waals surface area contributed by atoms with Gasteiger partial charge in [-0.3, -0.25) is 38.6 Å². The van der Waals surface area contributed by atoms with Crippen LogP contribution in [0.5, 0.6) is 0 Å². The minimum atomic E-state index is -1.12. The fourth-order valence-corrected chi connectivity index (χ4v) is 8.85. The number of rotatable bonds is 11. The van der Waals surface area contributed by atoms with Crippen LogP contribution in [0.2, 0.25) is 0 Å². The van der Waals surface area contributed by atoms with Crippen molar-refractivity contribution >= 4 is 52.6 Å². The van der Waals surface area contributed by atoms with Crippen LogP contribution in [0.1, 0.15) is 117 Å². The Hall–Kier alpha value is -4.90. The topological polar surface area (TPSA) is 204 Å². The monoisotopic (exact) mass is 877 g/mol. The molecule has 17 heteroatoms. The first-order chi connectivity index (χ1) is 29.2. The zero-order valence-electron chi connectivity index (χ0n) is 37.9.